The number of hydrogen-bond acceptors (Lipinski definition) is 4. The normalized spacial score (nSPS) is 15.7. The highest BCUT2D eigenvalue weighted by molar-refractivity contribution is 9.10. The van der Waals surface area contributed by atoms with Gasteiger partial charge in [-0.1, -0.05) is 6.08 Å². The number of carbonyl (C=O) groups excluding carboxylic acids is 1. The van der Waals surface area contributed by atoms with Crippen molar-refractivity contribution in [3.63, 3.8) is 0 Å². The fraction of sp³-hybridized carbons (Fsp3) is 0.333. The number of nitrogens with zero attached hydrogens (tertiary/aromatic N) is 3. The van der Waals surface area contributed by atoms with E-state index >= 15 is 0 Å². The number of aryl methyl sites for hydroxylation is 2. The molecule has 1 aromatic carbocycles. The minimum absolute atomic E-state index is 0.191. The summed E-state index contributed by atoms with van der Waals surface area (Å²) in [5.74, 6) is -0.903. The number of aromatic nitrogens is 2. The number of methoxy groups -OCH3 is 1. The molecule has 0 aliphatic carbocycles. The van der Waals surface area contributed by atoms with E-state index < -0.39 is 5.97 Å². The second-order valence-corrected chi connectivity index (χ2v) is 8.80. The molecule has 1 atom stereocenters. The van der Waals surface area contributed by atoms with Crippen LogP contribution in [0.1, 0.15) is 46.6 Å². The topological polar surface area (TPSA) is 47.4 Å². The van der Waals surface area contributed by atoms with Crippen molar-refractivity contribution in [1.82, 2.24) is 14.5 Å². The molecule has 1 aliphatic rings. The molecule has 0 bridgehead atoms. The first kappa shape index (κ1) is 21.7. The highest BCUT2D eigenvalue weighted by Crippen LogP contribution is 2.34. The average molecular weight is 486 g/mol. The predicted molar refractivity (Wildman–Crippen MR) is 123 cm³/mol. The summed E-state index contributed by atoms with van der Waals surface area (Å²) in [5, 5.41) is 1.10. The molecule has 0 amide bonds. The molecule has 1 unspecified atom stereocenters. The molecule has 3 heterocycles. The number of ether oxygens (including phenoxy) is 1. The predicted octanol–water partition coefficient (Wildman–Crippen LogP) is 5.42. The van der Waals surface area contributed by atoms with Gasteiger partial charge in [0.15, 0.2) is 0 Å². The molecule has 0 N–H and O–H groups in total. The third-order valence-corrected chi connectivity index (χ3v) is 6.85. The Morgan fingerprint density at radius 2 is 2.10 bits per heavy atom. The van der Waals surface area contributed by atoms with E-state index in [1.54, 1.807) is 12.3 Å². The van der Waals surface area contributed by atoms with Gasteiger partial charge in [0.05, 0.1) is 12.7 Å². The van der Waals surface area contributed by atoms with Crippen LogP contribution in [0.5, 0.6) is 0 Å². The lowest BCUT2D eigenvalue weighted by atomic mass is 9.93. The van der Waals surface area contributed by atoms with Crippen LogP contribution < -0.4 is 0 Å². The van der Waals surface area contributed by atoms with Gasteiger partial charge in [-0.15, -0.1) is 0 Å². The van der Waals surface area contributed by atoms with Crippen LogP contribution in [0.25, 0.3) is 16.6 Å². The molecule has 5 nitrogen and oxygen atoms in total. The van der Waals surface area contributed by atoms with E-state index in [2.05, 4.69) is 49.4 Å². The minimum atomic E-state index is -0.526. The number of fused-ring (bicyclic) bond motifs is 1. The molecule has 4 rings (SSSR count). The molecule has 31 heavy (non-hydrogen) atoms. The van der Waals surface area contributed by atoms with E-state index in [1.807, 2.05) is 20.0 Å². The van der Waals surface area contributed by atoms with E-state index in [4.69, 9.17) is 4.74 Å². The summed E-state index contributed by atoms with van der Waals surface area (Å²) in [6.07, 6.45) is 4.64. The van der Waals surface area contributed by atoms with Crippen LogP contribution >= 0.6 is 15.9 Å². The largest absolute Gasteiger partial charge is 0.465 e. The first-order chi connectivity index (χ1) is 14.8. The molecule has 7 heteroatoms. The summed E-state index contributed by atoms with van der Waals surface area (Å²) in [6, 6.07) is 7.29. The van der Waals surface area contributed by atoms with Crippen LogP contribution in [-0.2, 0) is 11.8 Å². The lowest BCUT2D eigenvalue weighted by Gasteiger charge is -2.32. The van der Waals surface area contributed by atoms with Crippen LogP contribution in [0, 0.1) is 12.7 Å². The quantitative estimate of drug-likeness (QED) is 0.462. The number of carbonyl (C=O) groups is 1. The highest BCUT2D eigenvalue weighted by atomic mass is 79.9. The van der Waals surface area contributed by atoms with Gasteiger partial charge < -0.3 is 9.30 Å². The Kier molecular flexibility index (Phi) is 5.99. The lowest BCUT2D eigenvalue weighted by Crippen LogP contribution is -2.32. The number of benzene rings is 1. The lowest BCUT2D eigenvalue weighted by molar-refractivity contribution is 0.0600. The van der Waals surface area contributed by atoms with Crippen molar-refractivity contribution in [3.8, 4) is 0 Å². The molecule has 0 saturated carbocycles. The van der Waals surface area contributed by atoms with Gasteiger partial charge in [0.2, 0.25) is 0 Å². The maximum Gasteiger partial charge on any atom is 0.337 e. The van der Waals surface area contributed by atoms with Gasteiger partial charge in [0.1, 0.15) is 11.5 Å². The number of halogens is 2. The second-order valence-electron chi connectivity index (χ2n) is 7.95. The van der Waals surface area contributed by atoms with Crippen LogP contribution in [0.3, 0.4) is 0 Å². The summed E-state index contributed by atoms with van der Waals surface area (Å²) < 4.78 is 22.7. The van der Waals surface area contributed by atoms with Crippen LogP contribution in [0.2, 0.25) is 0 Å². The second kappa shape index (κ2) is 8.55. The van der Waals surface area contributed by atoms with Crippen LogP contribution in [0.15, 0.2) is 41.0 Å². The maximum atomic E-state index is 14.8. The molecule has 1 aliphatic heterocycles. The summed E-state index contributed by atoms with van der Waals surface area (Å²) in [7, 11) is 3.34. The summed E-state index contributed by atoms with van der Waals surface area (Å²) in [5.41, 5.74) is 4.71. The molecule has 2 aromatic heterocycles. The fourth-order valence-electron chi connectivity index (χ4n) is 4.45. The maximum absolute atomic E-state index is 14.8. The van der Waals surface area contributed by atoms with Crippen molar-refractivity contribution >= 4 is 38.5 Å². The third-order valence-electron chi connectivity index (χ3n) is 6.16. The highest BCUT2D eigenvalue weighted by Gasteiger charge is 2.25. The molecular weight excluding hydrogens is 461 g/mol. The molecule has 0 fully saturated rings. The van der Waals surface area contributed by atoms with Crippen LogP contribution in [-0.4, -0.2) is 40.6 Å². The number of esters is 1. The third kappa shape index (κ3) is 3.92. The van der Waals surface area contributed by atoms with Crippen molar-refractivity contribution in [1.29, 1.82) is 0 Å². The van der Waals surface area contributed by atoms with Gasteiger partial charge in [0.25, 0.3) is 0 Å². The van der Waals surface area contributed by atoms with Gasteiger partial charge in [-0.3, -0.25) is 4.90 Å². The van der Waals surface area contributed by atoms with E-state index in [0.29, 0.717) is 5.56 Å². The van der Waals surface area contributed by atoms with Crippen molar-refractivity contribution in [3.05, 3.63) is 69.2 Å². The van der Waals surface area contributed by atoms with Gasteiger partial charge in [-0.25, -0.2) is 14.2 Å². The minimum Gasteiger partial charge on any atom is -0.465 e. The monoisotopic (exact) mass is 485 g/mol. The van der Waals surface area contributed by atoms with E-state index in [9.17, 15) is 9.18 Å². The van der Waals surface area contributed by atoms with Crippen LogP contribution in [0.4, 0.5) is 4.39 Å². The van der Waals surface area contributed by atoms with Gasteiger partial charge in [0, 0.05) is 53.5 Å². The molecule has 0 spiro atoms. The average Bonchev–Trinajstić information content (AvgIpc) is 3.10. The van der Waals surface area contributed by atoms with Gasteiger partial charge in [-0.2, -0.15) is 0 Å². The zero-order valence-corrected chi connectivity index (χ0v) is 19.7. The number of rotatable bonds is 4. The molecule has 3 aromatic rings. The van der Waals surface area contributed by atoms with Crippen molar-refractivity contribution < 1.29 is 13.9 Å². The first-order valence-corrected chi connectivity index (χ1v) is 11.0. The summed E-state index contributed by atoms with van der Waals surface area (Å²) in [6.45, 7) is 5.57. The zero-order valence-electron chi connectivity index (χ0n) is 18.1. The summed E-state index contributed by atoms with van der Waals surface area (Å²) in [4.78, 5) is 18.6. The molecule has 162 valence electrons. The fourth-order valence-corrected chi connectivity index (χ4v) is 4.86. The number of hydrogen-bond donors (Lipinski definition) is 0. The van der Waals surface area contributed by atoms with Crippen molar-refractivity contribution in [2.75, 3.05) is 20.2 Å². The smallest absolute Gasteiger partial charge is 0.337 e. The number of pyridine rings is 1. The Balaban J connectivity index is 1.58. The summed E-state index contributed by atoms with van der Waals surface area (Å²) >= 11 is 3.61. The Bertz CT molecular complexity index is 1180. The van der Waals surface area contributed by atoms with Gasteiger partial charge in [-0.05, 0) is 71.6 Å². The van der Waals surface area contributed by atoms with E-state index in [1.165, 1.54) is 18.9 Å². The first-order valence-electron chi connectivity index (χ1n) is 10.2. The van der Waals surface area contributed by atoms with E-state index in [0.717, 1.165) is 46.2 Å². The van der Waals surface area contributed by atoms with Crippen molar-refractivity contribution in [2.45, 2.75) is 26.3 Å². The SMILES string of the molecule is COC(=O)c1cc(C)c(C2=CCN(C(C)c3cc4c(Br)ccnc4n3C)CC2)c(F)c1. The Hall–Kier alpha value is -2.51. The van der Waals surface area contributed by atoms with E-state index in [-0.39, 0.29) is 17.4 Å². The molecule has 0 saturated heterocycles. The Morgan fingerprint density at radius 3 is 2.71 bits per heavy atom. The van der Waals surface area contributed by atoms with Gasteiger partial charge >= 0.3 is 5.97 Å². The Morgan fingerprint density at radius 1 is 1.32 bits per heavy atom. The standard InChI is InChI=1S/C24H25BrFN3O2/c1-14-11-17(24(30)31-4)12-20(26)22(14)16-6-9-29(10-7-16)15(2)21-13-18-19(25)5-8-27-23(18)28(21)3/h5-6,8,11-13,15H,7,9-10H2,1-4H3. The Labute approximate surface area is 189 Å². The van der Waals surface area contributed by atoms with Crippen molar-refractivity contribution in [2.24, 2.45) is 7.05 Å². The molecule has 0 radical (unpaired) electrons. The zero-order chi connectivity index (χ0) is 22.3. The molecular formula is C24H25BrFN3O2.